The first-order valence-corrected chi connectivity index (χ1v) is 16.2. The molecule has 1 aliphatic heterocycles. The van der Waals surface area contributed by atoms with Crippen molar-refractivity contribution in [2.45, 2.75) is 88.1 Å². The number of halogens is 1. The molecule has 0 aromatic heterocycles. The lowest BCUT2D eigenvalue weighted by Gasteiger charge is -2.35. The molecule has 9 nitrogen and oxygen atoms in total. The fourth-order valence-electron chi connectivity index (χ4n) is 4.89. The number of carbonyl (C=O) groups is 1. The monoisotopic (exact) mass is 612 g/mol. The van der Waals surface area contributed by atoms with Crippen LogP contribution < -0.4 is 19.7 Å². The molecule has 1 spiro atoms. The van der Waals surface area contributed by atoms with E-state index >= 15 is 0 Å². The summed E-state index contributed by atoms with van der Waals surface area (Å²) in [5, 5.41) is 2.82. The molecule has 1 saturated heterocycles. The molecule has 2 aliphatic rings. The van der Waals surface area contributed by atoms with E-state index in [9.17, 15) is 21.6 Å². The van der Waals surface area contributed by atoms with Crippen LogP contribution >= 0.6 is 12.4 Å². The summed E-state index contributed by atoms with van der Waals surface area (Å²) >= 11 is 0. The molecule has 0 unspecified atom stereocenters. The van der Waals surface area contributed by atoms with E-state index in [1.165, 1.54) is 37.1 Å². The molecule has 12 heteroatoms. The fourth-order valence-corrected chi connectivity index (χ4v) is 7.80. The maximum absolute atomic E-state index is 13.5. The van der Waals surface area contributed by atoms with Gasteiger partial charge in [-0.05, 0) is 109 Å². The van der Waals surface area contributed by atoms with Crippen molar-refractivity contribution in [2.24, 2.45) is 5.41 Å². The largest absolute Gasteiger partial charge is 0.371 e. The maximum Gasteiger partial charge on any atom is 0.257 e. The highest BCUT2D eigenvalue weighted by Gasteiger charge is 2.44. The van der Waals surface area contributed by atoms with Gasteiger partial charge >= 0.3 is 0 Å². The molecule has 0 bridgehead atoms. The van der Waals surface area contributed by atoms with Gasteiger partial charge in [0.1, 0.15) is 0 Å². The van der Waals surface area contributed by atoms with Gasteiger partial charge < -0.3 is 10.2 Å². The van der Waals surface area contributed by atoms with Crippen molar-refractivity contribution in [3.8, 4) is 0 Å². The zero-order valence-electron chi connectivity index (χ0n) is 24.0. The van der Waals surface area contributed by atoms with Crippen LogP contribution in [0.5, 0.6) is 0 Å². The van der Waals surface area contributed by atoms with Crippen LogP contribution in [0.1, 0.15) is 77.6 Å². The van der Waals surface area contributed by atoms with E-state index in [1.54, 1.807) is 59.7 Å². The van der Waals surface area contributed by atoms with Gasteiger partial charge in [-0.2, -0.15) is 0 Å². The van der Waals surface area contributed by atoms with Crippen molar-refractivity contribution < 1.29 is 21.6 Å². The van der Waals surface area contributed by atoms with Gasteiger partial charge in [0, 0.05) is 29.9 Å². The maximum atomic E-state index is 13.5. The topological polar surface area (TPSA) is 125 Å². The summed E-state index contributed by atoms with van der Waals surface area (Å²) in [5.41, 5.74) is 0.291. The average Bonchev–Trinajstić information content (AvgIpc) is 3.55. The van der Waals surface area contributed by atoms with Crippen LogP contribution in [-0.4, -0.2) is 46.9 Å². The van der Waals surface area contributed by atoms with Crippen molar-refractivity contribution in [3.63, 3.8) is 0 Å². The molecule has 2 aromatic carbocycles. The van der Waals surface area contributed by atoms with E-state index < -0.39 is 37.0 Å². The summed E-state index contributed by atoms with van der Waals surface area (Å²) < 4.78 is 57.1. The standard InChI is InChI=1S/C28H40N4O5S2.ClH/c1-26(2,3)30-38(34,35)21-9-7-8-20(18-21)29-25(33)23-11-10-22(39(36,37)31-27(4,5)6)19-24(23)32-16-14-28(12-13-28)15-17-32;/h7-11,18-19,30-31H,12-17H2,1-6H3,(H,29,33);1H. The summed E-state index contributed by atoms with van der Waals surface area (Å²) in [5.74, 6) is -0.442. The number of hydrogen-bond donors (Lipinski definition) is 3. The van der Waals surface area contributed by atoms with Crippen molar-refractivity contribution in [1.29, 1.82) is 0 Å². The van der Waals surface area contributed by atoms with E-state index in [-0.39, 0.29) is 22.2 Å². The molecular weight excluding hydrogens is 572 g/mol. The highest BCUT2D eigenvalue weighted by Crippen LogP contribution is 2.54. The van der Waals surface area contributed by atoms with E-state index in [0.29, 0.717) is 22.4 Å². The summed E-state index contributed by atoms with van der Waals surface area (Å²) in [6.07, 6.45) is 4.46. The first-order valence-electron chi connectivity index (χ1n) is 13.3. The third kappa shape index (κ3) is 7.97. The number of benzene rings is 2. The summed E-state index contributed by atoms with van der Waals surface area (Å²) in [6.45, 7) is 12.1. The number of carbonyl (C=O) groups excluding carboxylic acids is 1. The molecule has 1 heterocycles. The highest BCUT2D eigenvalue weighted by atomic mass is 35.5. The molecule has 2 aromatic rings. The van der Waals surface area contributed by atoms with E-state index in [0.717, 1.165) is 25.9 Å². The van der Waals surface area contributed by atoms with Gasteiger partial charge in [-0.15, -0.1) is 12.4 Å². The van der Waals surface area contributed by atoms with Crippen molar-refractivity contribution in [1.82, 2.24) is 9.44 Å². The van der Waals surface area contributed by atoms with Gasteiger partial charge in [0.2, 0.25) is 20.0 Å². The Morgan fingerprint density at radius 1 is 0.775 bits per heavy atom. The number of piperidine rings is 1. The first kappa shape index (κ1) is 32.3. The number of rotatable bonds is 7. The Kier molecular flexibility index (Phi) is 9.09. The van der Waals surface area contributed by atoms with E-state index in [2.05, 4.69) is 19.7 Å². The predicted octanol–water partition coefficient (Wildman–Crippen LogP) is 4.89. The van der Waals surface area contributed by atoms with Crippen LogP contribution in [0, 0.1) is 5.41 Å². The average molecular weight is 613 g/mol. The Balaban J connectivity index is 0.00000441. The predicted molar refractivity (Wildman–Crippen MR) is 161 cm³/mol. The Labute approximate surface area is 245 Å². The number of amides is 1. The molecule has 0 atom stereocenters. The molecule has 4 rings (SSSR count). The van der Waals surface area contributed by atoms with Gasteiger partial charge in [-0.25, -0.2) is 26.3 Å². The zero-order valence-corrected chi connectivity index (χ0v) is 26.4. The summed E-state index contributed by atoms with van der Waals surface area (Å²) in [4.78, 5) is 15.7. The van der Waals surface area contributed by atoms with Crippen molar-refractivity contribution in [2.75, 3.05) is 23.3 Å². The Hall–Kier alpha value is -2.18. The van der Waals surface area contributed by atoms with Crippen molar-refractivity contribution in [3.05, 3.63) is 48.0 Å². The molecule has 1 aliphatic carbocycles. The molecule has 40 heavy (non-hydrogen) atoms. The number of hydrogen-bond acceptors (Lipinski definition) is 6. The third-order valence-electron chi connectivity index (χ3n) is 6.93. The van der Waals surface area contributed by atoms with Gasteiger partial charge in [0.25, 0.3) is 5.91 Å². The van der Waals surface area contributed by atoms with Gasteiger partial charge in [-0.1, -0.05) is 6.07 Å². The molecule has 1 saturated carbocycles. The molecule has 1 amide bonds. The van der Waals surface area contributed by atoms with Gasteiger partial charge in [-0.3, -0.25) is 4.79 Å². The minimum Gasteiger partial charge on any atom is -0.371 e. The molecule has 222 valence electrons. The van der Waals surface area contributed by atoms with Crippen LogP contribution in [-0.2, 0) is 20.0 Å². The van der Waals surface area contributed by atoms with Crippen LogP contribution in [0.15, 0.2) is 52.3 Å². The number of nitrogens with zero attached hydrogens (tertiary/aromatic N) is 1. The van der Waals surface area contributed by atoms with E-state index in [4.69, 9.17) is 0 Å². The van der Waals surface area contributed by atoms with Gasteiger partial charge in [0.15, 0.2) is 0 Å². The number of nitrogens with one attached hydrogen (secondary N) is 3. The quantitative estimate of drug-likeness (QED) is 0.409. The molecule has 3 N–H and O–H groups in total. The van der Waals surface area contributed by atoms with E-state index in [1.807, 2.05) is 0 Å². The first-order chi connectivity index (χ1) is 17.9. The molecule has 0 radical (unpaired) electrons. The van der Waals surface area contributed by atoms with Crippen LogP contribution in [0.2, 0.25) is 0 Å². The Morgan fingerprint density at radius 3 is 1.80 bits per heavy atom. The highest BCUT2D eigenvalue weighted by molar-refractivity contribution is 7.89. The second kappa shape index (κ2) is 11.2. The van der Waals surface area contributed by atoms with Gasteiger partial charge in [0.05, 0.1) is 21.0 Å². The SMILES string of the molecule is CC(C)(C)NS(=O)(=O)c1cccc(NC(=O)c2ccc(S(=O)(=O)NC(C)(C)C)cc2N2CCC3(CC2)CC3)c1.Cl. The lowest BCUT2D eigenvalue weighted by Crippen LogP contribution is -2.40. The van der Waals surface area contributed by atoms with Crippen LogP contribution in [0.3, 0.4) is 0 Å². The normalized spacial score (nSPS) is 17.3. The molecule has 2 fully saturated rings. The summed E-state index contributed by atoms with van der Waals surface area (Å²) in [6, 6.07) is 10.6. The third-order valence-corrected chi connectivity index (χ3v) is 10.4. The number of sulfonamides is 2. The minimum atomic E-state index is -3.81. The van der Waals surface area contributed by atoms with Crippen molar-refractivity contribution >= 4 is 49.7 Å². The molecular formula is C28H41ClN4O5S2. The number of anilines is 2. The Morgan fingerprint density at radius 2 is 1.30 bits per heavy atom. The zero-order chi connectivity index (χ0) is 28.9. The fraction of sp³-hybridized carbons (Fsp3) is 0.536. The van der Waals surface area contributed by atoms with Crippen LogP contribution in [0.25, 0.3) is 0 Å². The smallest absolute Gasteiger partial charge is 0.257 e. The lowest BCUT2D eigenvalue weighted by atomic mass is 9.93. The van der Waals surface area contributed by atoms with Crippen LogP contribution in [0.4, 0.5) is 11.4 Å². The lowest BCUT2D eigenvalue weighted by molar-refractivity contribution is 0.102. The second-order valence-corrected chi connectivity index (χ2v) is 16.2. The second-order valence-electron chi connectivity index (χ2n) is 12.9. The summed E-state index contributed by atoms with van der Waals surface area (Å²) in [7, 11) is -7.60. The Bertz CT molecular complexity index is 1460. The minimum absolute atomic E-state index is 0.